The number of halogens is 3. The van der Waals surface area contributed by atoms with Gasteiger partial charge in [-0.1, -0.05) is 41.7 Å². The molecule has 0 saturated carbocycles. The zero-order chi connectivity index (χ0) is 6.62. The summed E-state index contributed by atoms with van der Waals surface area (Å²) >= 11 is 16.0. The van der Waals surface area contributed by atoms with Crippen LogP contribution >= 0.6 is 34.8 Å². The number of nitrogens with one attached hydrogen (secondary N) is 1. The minimum atomic E-state index is -1.28. The van der Waals surface area contributed by atoms with E-state index in [0.29, 0.717) is 0 Å². The lowest BCUT2D eigenvalue weighted by molar-refractivity contribution is 0.695. The summed E-state index contributed by atoms with van der Waals surface area (Å²) in [5.74, 6) is 0. The Kier molecular flexibility index (Phi) is 4.17. The van der Waals surface area contributed by atoms with Crippen molar-refractivity contribution in [2.75, 3.05) is 6.54 Å². The van der Waals surface area contributed by atoms with E-state index in [-0.39, 0.29) is 0 Å². The Labute approximate surface area is 64.3 Å². The molecule has 1 N–H and O–H groups in total. The lowest BCUT2D eigenvalue weighted by atomic mass is 10.5. The van der Waals surface area contributed by atoms with Gasteiger partial charge in [-0.2, -0.15) is 0 Å². The van der Waals surface area contributed by atoms with Crippen LogP contribution < -0.4 is 5.32 Å². The van der Waals surface area contributed by atoms with Crippen LogP contribution in [-0.4, -0.2) is 10.5 Å². The van der Waals surface area contributed by atoms with Gasteiger partial charge >= 0.3 is 0 Å². The average molecular weight is 176 g/mol. The summed E-state index contributed by atoms with van der Waals surface area (Å²) in [6, 6.07) is 0. The monoisotopic (exact) mass is 175 g/mol. The van der Waals surface area contributed by atoms with Crippen LogP contribution in [0.15, 0.2) is 0 Å². The second-order valence-electron chi connectivity index (χ2n) is 1.42. The molecule has 0 aliphatic heterocycles. The fourth-order valence-corrected chi connectivity index (χ4v) is 0.550. The van der Waals surface area contributed by atoms with Crippen molar-refractivity contribution in [3.05, 3.63) is 0 Å². The molecule has 0 unspecified atom stereocenters. The molecule has 0 saturated heterocycles. The van der Waals surface area contributed by atoms with E-state index in [0.717, 1.165) is 13.0 Å². The Morgan fingerprint density at radius 1 is 1.38 bits per heavy atom. The first kappa shape index (κ1) is 8.83. The van der Waals surface area contributed by atoms with Gasteiger partial charge in [-0.25, -0.2) is 0 Å². The van der Waals surface area contributed by atoms with Crippen LogP contribution in [0.4, 0.5) is 0 Å². The molecular formula is C4H8Cl3N. The van der Waals surface area contributed by atoms with Crippen LogP contribution in [0.5, 0.6) is 0 Å². The molecule has 0 bridgehead atoms. The number of hydrogen-bond donors (Lipinski definition) is 1. The van der Waals surface area contributed by atoms with Gasteiger partial charge in [0.05, 0.1) is 0 Å². The van der Waals surface area contributed by atoms with Gasteiger partial charge in [0.1, 0.15) is 0 Å². The standard InChI is InChI=1S/C4H8Cl3N/c1-2-3-8-4(5,6)7/h8H,2-3H2,1H3. The molecule has 0 aliphatic rings. The molecular weight excluding hydrogens is 168 g/mol. The van der Waals surface area contributed by atoms with Crippen LogP contribution in [0.25, 0.3) is 0 Å². The summed E-state index contributed by atoms with van der Waals surface area (Å²) < 4.78 is -1.28. The molecule has 0 heterocycles. The maximum Gasteiger partial charge on any atom is 0.245 e. The third kappa shape index (κ3) is 6.83. The molecule has 0 fully saturated rings. The Hall–Kier alpha value is 0.830. The minimum Gasteiger partial charge on any atom is -0.273 e. The molecule has 0 spiro atoms. The molecule has 0 aromatic rings. The zero-order valence-corrected chi connectivity index (χ0v) is 6.82. The highest BCUT2D eigenvalue weighted by atomic mass is 35.6. The van der Waals surface area contributed by atoms with Crippen molar-refractivity contribution in [3.63, 3.8) is 0 Å². The zero-order valence-electron chi connectivity index (χ0n) is 4.55. The smallest absolute Gasteiger partial charge is 0.245 e. The van der Waals surface area contributed by atoms with Gasteiger partial charge in [0.25, 0.3) is 0 Å². The molecule has 0 aromatic carbocycles. The normalized spacial score (nSPS) is 12.0. The van der Waals surface area contributed by atoms with Crippen molar-refractivity contribution in [2.45, 2.75) is 17.3 Å². The SMILES string of the molecule is CCCNC(Cl)(Cl)Cl. The largest absolute Gasteiger partial charge is 0.273 e. The van der Waals surface area contributed by atoms with Crippen LogP contribution in [0.1, 0.15) is 13.3 Å². The highest BCUT2D eigenvalue weighted by Crippen LogP contribution is 2.21. The summed E-state index contributed by atoms with van der Waals surface area (Å²) in [5.41, 5.74) is 0. The van der Waals surface area contributed by atoms with Crippen molar-refractivity contribution in [1.82, 2.24) is 5.32 Å². The van der Waals surface area contributed by atoms with Crippen molar-refractivity contribution in [2.24, 2.45) is 0 Å². The topological polar surface area (TPSA) is 12.0 Å². The lowest BCUT2D eigenvalue weighted by Gasteiger charge is -2.10. The molecule has 4 heteroatoms. The maximum atomic E-state index is 5.33. The first-order chi connectivity index (χ1) is 3.56. The van der Waals surface area contributed by atoms with Crippen molar-refractivity contribution >= 4 is 34.8 Å². The number of rotatable bonds is 2. The highest BCUT2D eigenvalue weighted by Gasteiger charge is 2.16. The van der Waals surface area contributed by atoms with E-state index in [1.54, 1.807) is 0 Å². The minimum absolute atomic E-state index is 0.733. The van der Waals surface area contributed by atoms with Gasteiger partial charge in [0, 0.05) is 0 Å². The first-order valence-electron chi connectivity index (χ1n) is 2.38. The highest BCUT2D eigenvalue weighted by molar-refractivity contribution is 6.67. The molecule has 0 aromatic heterocycles. The van der Waals surface area contributed by atoms with E-state index < -0.39 is 3.92 Å². The molecule has 0 aliphatic carbocycles. The molecule has 0 rings (SSSR count). The van der Waals surface area contributed by atoms with Crippen molar-refractivity contribution in [1.29, 1.82) is 0 Å². The number of hydrogen-bond acceptors (Lipinski definition) is 1. The van der Waals surface area contributed by atoms with Crippen molar-refractivity contribution in [3.8, 4) is 0 Å². The fourth-order valence-electron chi connectivity index (χ4n) is 0.267. The molecule has 0 atom stereocenters. The molecule has 1 nitrogen and oxygen atoms in total. The lowest BCUT2D eigenvalue weighted by Crippen LogP contribution is -2.28. The molecule has 50 valence electrons. The predicted molar refractivity (Wildman–Crippen MR) is 38.6 cm³/mol. The van der Waals surface area contributed by atoms with E-state index >= 15 is 0 Å². The molecule has 0 amide bonds. The summed E-state index contributed by atoms with van der Waals surface area (Å²) in [7, 11) is 0. The Bertz CT molecular complexity index is 58.8. The molecule has 0 radical (unpaired) electrons. The van der Waals surface area contributed by atoms with Crippen LogP contribution in [0.3, 0.4) is 0 Å². The van der Waals surface area contributed by atoms with Gasteiger partial charge in [-0.15, -0.1) is 0 Å². The van der Waals surface area contributed by atoms with E-state index in [9.17, 15) is 0 Å². The summed E-state index contributed by atoms with van der Waals surface area (Å²) in [4.78, 5) is 0. The fraction of sp³-hybridized carbons (Fsp3) is 1.00. The molecule has 8 heavy (non-hydrogen) atoms. The van der Waals surface area contributed by atoms with Crippen LogP contribution in [0, 0.1) is 0 Å². The maximum absolute atomic E-state index is 5.33. The average Bonchev–Trinajstić information content (AvgIpc) is 1.59. The number of alkyl halides is 3. The second-order valence-corrected chi connectivity index (χ2v) is 3.71. The second kappa shape index (κ2) is 3.78. The summed E-state index contributed by atoms with van der Waals surface area (Å²) in [5, 5.41) is 2.67. The third-order valence-corrected chi connectivity index (χ3v) is 0.976. The summed E-state index contributed by atoms with van der Waals surface area (Å²) in [6.07, 6.45) is 0.966. The van der Waals surface area contributed by atoms with E-state index in [2.05, 4.69) is 5.32 Å². The van der Waals surface area contributed by atoms with Gasteiger partial charge in [-0.05, 0) is 13.0 Å². The van der Waals surface area contributed by atoms with Gasteiger partial charge < -0.3 is 0 Å². The Morgan fingerprint density at radius 2 is 1.88 bits per heavy atom. The van der Waals surface area contributed by atoms with E-state index in [1.165, 1.54) is 0 Å². The van der Waals surface area contributed by atoms with Gasteiger partial charge in [0.2, 0.25) is 3.92 Å². The third-order valence-electron chi connectivity index (χ3n) is 0.575. The van der Waals surface area contributed by atoms with Crippen molar-refractivity contribution < 1.29 is 0 Å². The van der Waals surface area contributed by atoms with Crippen LogP contribution in [0.2, 0.25) is 0 Å². The van der Waals surface area contributed by atoms with Gasteiger partial charge in [-0.3, -0.25) is 5.32 Å². The first-order valence-corrected chi connectivity index (χ1v) is 3.51. The predicted octanol–water partition coefficient (Wildman–Crippen LogP) is 2.31. The summed E-state index contributed by atoms with van der Waals surface area (Å²) in [6.45, 7) is 2.74. The Balaban J connectivity index is 3.11. The van der Waals surface area contributed by atoms with E-state index in [1.807, 2.05) is 6.92 Å². The van der Waals surface area contributed by atoms with E-state index in [4.69, 9.17) is 34.8 Å². The Morgan fingerprint density at radius 3 is 2.00 bits per heavy atom. The van der Waals surface area contributed by atoms with Gasteiger partial charge in [0.15, 0.2) is 0 Å². The quantitative estimate of drug-likeness (QED) is 0.503. The van der Waals surface area contributed by atoms with Crippen LogP contribution in [-0.2, 0) is 0 Å².